The second-order valence-electron chi connectivity index (χ2n) is 6.86. The molecule has 3 rings (SSSR count). The largest absolute Gasteiger partial charge is 0.490 e. The first-order valence-corrected chi connectivity index (χ1v) is 11.8. The Kier molecular flexibility index (Phi) is 6.73. The molecule has 30 heavy (non-hydrogen) atoms. The summed E-state index contributed by atoms with van der Waals surface area (Å²) in [6.45, 7) is 6.45. The molecular weight excluding hydrogens is 426 g/mol. The van der Waals surface area contributed by atoms with Gasteiger partial charge in [0.1, 0.15) is 0 Å². The molecule has 0 aliphatic carbocycles. The summed E-state index contributed by atoms with van der Waals surface area (Å²) < 4.78 is 35.3. The Morgan fingerprint density at radius 1 is 1.10 bits per heavy atom. The summed E-state index contributed by atoms with van der Waals surface area (Å²) in [6, 6.07) is 9.54. The third kappa shape index (κ3) is 4.79. The zero-order chi connectivity index (χ0) is 21.9. The van der Waals surface area contributed by atoms with Crippen LogP contribution in [0.25, 0.3) is 0 Å². The molecule has 2 aromatic rings. The summed E-state index contributed by atoms with van der Waals surface area (Å²) in [5, 5.41) is 1.65. The summed E-state index contributed by atoms with van der Waals surface area (Å²) in [4.78, 5) is 15.0. The fraction of sp³-hybridized carbons (Fsp3) is 0.318. The average Bonchev–Trinajstić information content (AvgIpc) is 3.05. The van der Waals surface area contributed by atoms with Crippen LogP contribution in [-0.4, -0.2) is 39.3 Å². The maximum atomic E-state index is 13.5. The highest BCUT2D eigenvalue weighted by molar-refractivity contribution is 7.94. The Labute approximate surface area is 182 Å². The van der Waals surface area contributed by atoms with Crippen molar-refractivity contribution in [3.63, 3.8) is 0 Å². The minimum absolute atomic E-state index is 0.181. The minimum atomic E-state index is -3.37. The number of carbonyl (C=O) groups is 1. The number of sulfone groups is 1. The number of ether oxygens (including phenoxy) is 2. The molecule has 1 aliphatic heterocycles. The Balaban J connectivity index is 2.05. The molecule has 1 atom stereocenters. The first kappa shape index (κ1) is 22.2. The van der Waals surface area contributed by atoms with E-state index in [4.69, 9.17) is 21.1 Å². The number of amides is 1. The Bertz CT molecular complexity index is 1080. The molecule has 0 saturated heterocycles. The smallest absolute Gasteiger partial charge is 0.258 e. The van der Waals surface area contributed by atoms with Crippen molar-refractivity contribution in [1.29, 1.82) is 0 Å². The van der Waals surface area contributed by atoms with Crippen LogP contribution in [-0.2, 0) is 9.84 Å². The zero-order valence-electron chi connectivity index (χ0n) is 17.1. The van der Waals surface area contributed by atoms with Gasteiger partial charge in [0.05, 0.1) is 25.0 Å². The quantitative estimate of drug-likeness (QED) is 0.626. The number of anilines is 1. The van der Waals surface area contributed by atoms with E-state index in [0.717, 1.165) is 11.0 Å². The molecule has 1 aliphatic rings. The predicted octanol–water partition coefficient (Wildman–Crippen LogP) is 4.40. The van der Waals surface area contributed by atoms with E-state index in [1.165, 1.54) is 11.0 Å². The van der Waals surface area contributed by atoms with Gasteiger partial charge >= 0.3 is 0 Å². The molecule has 0 bridgehead atoms. The summed E-state index contributed by atoms with van der Waals surface area (Å²) in [5.41, 5.74) is 1.74. The monoisotopic (exact) mass is 449 g/mol. The molecule has 160 valence electrons. The highest BCUT2D eigenvalue weighted by Crippen LogP contribution is 2.32. The van der Waals surface area contributed by atoms with E-state index in [1.54, 1.807) is 36.4 Å². The second kappa shape index (κ2) is 9.10. The number of hydrogen-bond acceptors (Lipinski definition) is 5. The molecular formula is C22H24ClNO5S. The molecule has 0 saturated carbocycles. The molecule has 0 spiro atoms. The molecule has 1 amide bonds. The lowest BCUT2D eigenvalue weighted by atomic mass is 10.1. The highest BCUT2D eigenvalue weighted by Gasteiger charge is 2.32. The van der Waals surface area contributed by atoms with Gasteiger partial charge < -0.3 is 14.4 Å². The van der Waals surface area contributed by atoms with Gasteiger partial charge in [0.25, 0.3) is 5.91 Å². The van der Waals surface area contributed by atoms with Crippen LogP contribution in [0.1, 0.15) is 29.8 Å². The maximum Gasteiger partial charge on any atom is 0.258 e. The lowest BCUT2D eigenvalue weighted by Crippen LogP contribution is -2.41. The van der Waals surface area contributed by atoms with Gasteiger partial charge in [-0.05, 0) is 62.7 Å². The van der Waals surface area contributed by atoms with Gasteiger partial charge in [-0.2, -0.15) is 0 Å². The number of nitrogens with zero attached hydrogens (tertiary/aromatic N) is 1. The molecule has 8 heteroatoms. The fourth-order valence-electron chi connectivity index (χ4n) is 3.23. The van der Waals surface area contributed by atoms with Gasteiger partial charge in [0.15, 0.2) is 21.3 Å². The number of hydrogen-bond donors (Lipinski definition) is 0. The van der Waals surface area contributed by atoms with Crippen molar-refractivity contribution in [2.75, 3.05) is 23.9 Å². The van der Waals surface area contributed by atoms with Crippen LogP contribution in [0.2, 0.25) is 5.02 Å². The summed E-state index contributed by atoms with van der Waals surface area (Å²) in [7, 11) is -3.37. The second-order valence-corrected chi connectivity index (χ2v) is 9.20. The Hall–Kier alpha value is -2.51. The van der Waals surface area contributed by atoms with Crippen molar-refractivity contribution in [1.82, 2.24) is 0 Å². The first-order chi connectivity index (χ1) is 14.3. The number of aryl methyl sites for hydroxylation is 1. The van der Waals surface area contributed by atoms with Crippen LogP contribution >= 0.6 is 11.6 Å². The maximum absolute atomic E-state index is 13.5. The van der Waals surface area contributed by atoms with Crippen LogP contribution in [0.3, 0.4) is 0 Å². The minimum Gasteiger partial charge on any atom is -0.490 e. The van der Waals surface area contributed by atoms with Crippen LogP contribution in [0.4, 0.5) is 5.69 Å². The molecule has 0 aromatic heterocycles. The molecule has 2 aromatic carbocycles. The van der Waals surface area contributed by atoms with E-state index in [0.29, 0.717) is 41.0 Å². The van der Waals surface area contributed by atoms with Gasteiger partial charge in [0, 0.05) is 21.7 Å². The standard InChI is InChI=1S/C22H24ClNO5S/c1-4-28-20-9-7-16(12-21(20)29-5-2)22(25)24(18-10-11-30(26,27)14-18)17-8-6-15(3)19(23)13-17/h6-13,18H,4-5,14H2,1-3H3/t18-/m1/s1. The van der Waals surface area contributed by atoms with Crippen molar-refractivity contribution < 1.29 is 22.7 Å². The summed E-state index contributed by atoms with van der Waals surface area (Å²) in [6.07, 6.45) is 1.53. The first-order valence-electron chi connectivity index (χ1n) is 9.66. The summed E-state index contributed by atoms with van der Waals surface area (Å²) in [5.74, 6) is 0.469. The van der Waals surface area contributed by atoms with E-state index < -0.39 is 15.9 Å². The van der Waals surface area contributed by atoms with Crippen molar-refractivity contribution in [3.05, 3.63) is 64.0 Å². The fourth-order valence-corrected chi connectivity index (χ4v) is 4.68. The number of halogens is 1. The lowest BCUT2D eigenvalue weighted by Gasteiger charge is -2.28. The average molecular weight is 450 g/mol. The zero-order valence-corrected chi connectivity index (χ0v) is 18.7. The topological polar surface area (TPSA) is 72.9 Å². The van der Waals surface area contributed by atoms with E-state index >= 15 is 0 Å². The van der Waals surface area contributed by atoms with Crippen LogP contribution in [0, 0.1) is 6.92 Å². The number of rotatable bonds is 7. The highest BCUT2D eigenvalue weighted by atomic mass is 35.5. The summed E-state index contributed by atoms with van der Waals surface area (Å²) >= 11 is 6.28. The third-order valence-corrected chi connectivity index (χ3v) is 6.47. The molecule has 1 heterocycles. The van der Waals surface area contributed by atoms with E-state index in [9.17, 15) is 13.2 Å². The molecule has 0 unspecified atom stereocenters. The lowest BCUT2D eigenvalue weighted by molar-refractivity contribution is 0.0982. The number of carbonyl (C=O) groups excluding carboxylic acids is 1. The van der Waals surface area contributed by atoms with Gasteiger partial charge in [-0.3, -0.25) is 4.79 Å². The van der Waals surface area contributed by atoms with Crippen LogP contribution < -0.4 is 14.4 Å². The van der Waals surface area contributed by atoms with Crippen LogP contribution in [0.15, 0.2) is 47.9 Å². The van der Waals surface area contributed by atoms with Crippen molar-refractivity contribution in [2.24, 2.45) is 0 Å². The van der Waals surface area contributed by atoms with Crippen molar-refractivity contribution in [3.8, 4) is 11.5 Å². The van der Waals surface area contributed by atoms with Crippen molar-refractivity contribution >= 4 is 33.0 Å². The Morgan fingerprint density at radius 3 is 2.40 bits per heavy atom. The number of benzene rings is 2. The molecule has 6 nitrogen and oxygen atoms in total. The molecule has 0 N–H and O–H groups in total. The SMILES string of the molecule is CCOc1ccc(C(=O)N(c2ccc(C)c(Cl)c2)[C@@H]2C=CS(=O)(=O)C2)cc1OCC. The molecule has 0 radical (unpaired) electrons. The van der Waals surface area contributed by atoms with Gasteiger partial charge in [-0.15, -0.1) is 0 Å². The van der Waals surface area contributed by atoms with Gasteiger partial charge in [-0.25, -0.2) is 8.42 Å². The van der Waals surface area contributed by atoms with Gasteiger partial charge in [-0.1, -0.05) is 17.7 Å². The predicted molar refractivity (Wildman–Crippen MR) is 118 cm³/mol. The Morgan fingerprint density at radius 2 is 1.80 bits per heavy atom. The van der Waals surface area contributed by atoms with E-state index in [-0.39, 0.29) is 11.7 Å². The van der Waals surface area contributed by atoms with Crippen molar-refractivity contribution in [2.45, 2.75) is 26.8 Å². The van der Waals surface area contributed by atoms with E-state index in [1.807, 2.05) is 20.8 Å². The van der Waals surface area contributed by atoms with Crippen LogP contribution in [0.5, 0.6) is 11.5 Å². The molecule has 0 fully saturated rings. The van der Waals surface area contributed by atoms with E-state index in [2.05, 4.69) is 0 Å². The third-order valence-electron chi connectivity index (χ3n) is 4.69. The normalized spacial score (nSPS) is 17.0. The van der Waals surface area contributed by atoms with Gasteiger partial charge in [0.2, 0.25) is 0 Å².